The van der Waals surface area contributed by atoms with Crippen molar-refractivity contribution in [3.63, 3.8) is 0 Å². The molecule has 0 atom stereocenters. The molecule has 0 bridgehead atoms. The predicted octanol–water partition coefficient (Wildman–Crippen LogP) is 2.49. The molecule has 0 aliphatic carbocycles. The van der Waals surface area contributed by atoms with E-state index in [1.54, 1.807) is 21.1 Å². The Bertz CT molecular complexity index is 1240. The monoisotopic (exact) mass is 462 g/mol. The molecule has 0 spiro atoms. The summed E-state index contributed by atoms with van der Waals surface area (Å²) in [5.74, 6) is 1.62. The molecule has 3 aromatic rings. The van der Waals surface area contributed by atoms with Crippen LogP contribution in [0.2, 0.25) is 0 Å². The molecule has 1 amide bonds. The van der Waals surface area contributed by atoms with E-state index in [2.05, 4.69) is 27.3 Å². The van der Waals surface area contributed by atoms with Gasteiger partial charge in [-0.05, 0) is 48.6 Å². The van der Waals surface area contributed by atoms with E-state index in [1.165, 1.54) is 21.8 Å². The van der Waals surface area contributed by atoms with E-state index < -0.39 is 0 Å². The van der Waals surface area contributed by atoms with Gasteiger partial charge in [0.25, 0.3) is 5.56 Å². The molecule has 1 aromatic heterocycles. The highest BCUT2D eigenvalue weighted by atomic mass is 16.5. The second-order valence-corrected chi connectivity index (χ2v) is 8.35. The molecule has 1 N–H and O–H groups in total. The number of aromatic nitrogens is 2. The number of fused-ring (bicyclic) bond motifs is 1. The summed E-state index contributed by atoms with van der Waals surface area (Å²) >= 11 is 0. The highest BCUT2D eigenvalue weighted by Gasteiger charge is 2.22. The molecule has 0 saturated heterocycles. The number of nitrogens with one attached hydrogen (secondary N) is 1. The molecule has 0 unspecified atom stereocenters. The molecule has 34 heavy (non-hydrogen) atoms. The van der Waals surface area contributed by atoms with Crippen LogP contribution in [0.3, 0.4) is 0 Å². The second-order valence-electron chi connectivity index (χ2n) is 8.35. The first-order chi connectivity index (χ1) is 16.5. The maximum Gasteiger partial charge on any atom is 0.255 e. The summed E-state index contributed by atoms with van der Waals surface area (Å²) in [4.78, 5) is 32.2. The Labute approximate surface area is 199 Å². The number of nitrogens with zero attached hydrogens (tertiary/aromatic N) is 3. The van der Waals surface area contributed by atoms with Gasteiger partial charge in [-0.3, -0.25) is 14.2 Å². The zero-order valence-corrected chi connectivity index (χ0v) is 19.8. The molecule has 2 aromatic carbocycles. The first kappa shape index (κ1) is 23.4. The lowest BCUT2D eigenvalue weighted by Crippen LogP contribution is -2.39. The number of hydrogen-bond donors (Lipinski definition) is 1. The van der Waals surface area contributed by atoms with Gasteiger partial charge in [0.1, 0.15) is 6.54 Å². The van der Waals surface area contributed by atoms with E-state index in [9.17, 15) is 9.59 Å². The Morgan fingerprint density at radius 1 is 1.06 bits per heavy atom. The maximum atomic E-state index is 12.8. The molecule has 2 heterocycles. The van der Waals surface area contributed by atoms with Gasteiger partial charge in [0.2, 0.25) is 11.9 Å². The number of carbonyl (C=O) groups excluding carboxylic acids is 1. The summed E-state index contributed by atoms with van der Waals surface area (Å²) in [5.41, 5.74) is 3.96. The number of anilines is 1. The normalized spacial score (nSPS) is 12.7. The third-order valence-electron chi connectivity index (χ3n) is 6.02. The van der Waals surface area contributed by atoms with Gasteiger partial charge >= 0.3 is 0 Å². The molecular weight excluding hydrogens is 432 g/mol. The van der Waals surface area contributed by atoms with Crippen molar-refractivity contribution in [2.45, 2.75) is 32.9 Å². The Kier molecular flexibility index (Phi) is 7.15. The molecule has 8 heteroatoms. The maximum absolute atomic E-state index is 12.8. The van der Waals surface area contributed by atoms with Gasteiger partial charge in [-0.1, -0.05) is 30.3 Å². The van der Waals surface area contributed by atoms with Crippen LogP contribution in [0.15, 0.2) is 53.3 Å². The van der Waals surface area contributed by atoms with Crippen LogP contribution in [-0.4, -0.2) is 42.8 Å². The van der Waals surface area contributed by atoms with Crippen LogP contribution in [0.5, 0.6) is 11.5 Å². The van der Waals surface area contributed by atoms with E-state index >= 15 is 0 Å². The van der Waals surface area contributed by atoms with E-state index in [1.807, 2.05) is 30.3 Å². The summed E-state index contributed by atoms with van der Waals surface area (Å²) in [6, 6.07) is 15.4. The molecule has 0 radical (unpaired) electrons. The summed E-state index contributed by atoms with van der Waals surface area (Å²) in [7, 11) is 3.19. The minimum Gasteiger partial charge on any atom is -0.493 e. The van der Waals surface area contributed by atoms with Crippen molar-refractivity contribution in [2.75, 3.05) is 32.2 Å². The Hall–Kier alpha value is -3.81. The molecule has 0 fully saturated rings. The molecule has 4 rings (SSSR count). The Balaban J connectivity index is 1.43. The smallest absolute Gasteiger partial charge is 0.255 e. The lowest BCUT2D eigenvalue weighted by molar-refractivity contribution is -0.121. The number of hydrogen-bond acceptors (Lipinski definition) is 6. The van der Waals surface area contributed by atoms with Crippen molar-refractivity contribution in [1.82, 2.24) is 14.9 Å². The van der Waals surface area contributed by atoms with Crippen LogP contribution < -0.4 is 25.2 Å². The van der Waals surface area contributed by atoms with Crippen LogP contribution >= 0.6 is 0 Å². The summed E-state index contributed by atoms with van der Waals surface area (Å²) < 4.78 is 12.1. The molecular formula is C26H30N4O4. The van der Waals surface area contributed by atoms with Crippen molar-refractivity contribution in [2.24, 2.45) is 0 Å². The number of rotatable bonds is 8. The van der Waals surface area contributed by atoms with Crippen molar-refractivity contribution < 1.29 is 14.3 Å². The van der Waals surface area contributed by atoms with Crippen LogP contribution in [0.4, 0.5) is 5.95 Å². The first-order valence-corrected chi connectivity index (χ1v) is 11.4. The first-order valence-electron chi connectivity index (χ1n) is 11.4. The van der Waals surface area contributed by atoms with Gasteiger partial charge < -0.3 is 19.7 Å². The van der Waals surface area contributed by atoms with Gasteiger partial charge in [0.05, 0.1) is 14.2 Å². The molecule has 1 aliphatic heterocycles. The fourth-order valence-electron chi connectivity index (χ4n) is 4.24. The molecule has 178 valence electrons. The summed E-state index contributed by atoms with van der Waals surface area (Å²) in [5, 5.41) is 2.92. The van der Waals surface area contributed by atoms with Gasteiger partial charge in [-0.25, -0.2) is 4.98 Å². The topological polar surface area (TPSA) is 85.7 Å². The van der Waals surface area contributed by atoms with Crippen molar-refractivity contribution in [1.29, 1.82) is 0 Å². The number of ether oxygens (including phenoxy) is 2. The number of aryl methyl sites for hydroxylation is 1. The predicted molar refractivity (Wildman–Crippen MR) is 131 cm³/mol. The van der Waals surface area contributed by atoms with Crippen LogP contribution in [-0.2, 0) is 30.7 Å². The number of benzene rings is 2. The van der Waals surface area contributed by atoms with Crippen molar-refractivity contribution in [3.05, 3.63) is 81.3 Å². The summed E-state index contributed by atoms with van der Waals surface area (Å²) in [6.07, 6.45) is 1.50. The lowest BCUT2D eigenvalue weighted by atomic mass is 10.0. The average Bonchev–Trinajstić information content (AvgIpc) is 2.85. The standard InChI is InChI=1S/C26H30N4O4/c1-18-14-25(32)30(26(28-18)29-13-11-20-6-4-5-7-21(20)16-29)17-24(31)27-12-10-19-8-9-22(33-2)23(15-19)34-3/h4-9,14-15H,10-13,16-17H2,1-3H3,(H,27,31). The molecule has 8 nitrogen and oxygen atoms in total. The highest BCUT2D eigenvalue weighted by Crippen LogP contribution is 2.27. The minimum atomic E-state index is -0.230. The fourth-order valence-corrected chi connectivity index (χ4v) is 4.24. The average molecular weight is 463 g/mol. The zero-order chi connectivity index (χ0) is 24.1. The minimum absolute atomic E-state index is 0.0779. The lowest BCUT2D eigenvalue weighted by Gasteiger charge is -2.31. The molecule has 0 saturated carbocycles. The summed E-state index contributed by atoms with van der Waals surface area (Å²) in [6.45, 7) is 3.57. The fraction of sp³-hybridized carbons (Fsp3) is 0.346. The molecule has 1 aliphatic rings. The van der Waals surface area contributed by atoms with Gasteiger partial charge in [-0.15, -0.1) is 0 Å². The van der Waals surface area contributed by atoms with Crippen LogP contribution in [0, 0.1) is 6.92 Å². The Morgan fingerprint density at radius 2 is 1.82 bits per heavy atom. The second kappa shape index (κ2) is 10.4. The quantitative estimate of drug-likeness (QED) is 0.554. The third kappa shape index (κ3) is 5.22. The van der Waals surface area contributed by atoms with Gasteiger partial charge in [0.15, 0.2) is 11.5 Å². The SMILES string of the molecule is COc1ccc(CCNC(=O)Cn2c(N3CCc4ccccc4C3)nc(C)cc2=O)cc1OC. The van der Waals surface area contributed by atoms with E-state index in [-0.39, 0.29) is 18.0 Å². The van der Waals surface area contributed by atoms with E-state index in [0.29, 0.717) is 42.7 Å². The van der Waals surface area contributed by atoms with Gasteiger partial charge in [0, 0.05) is 31.4 Å². The van der Waals surface area contributed by atoms with Crippen LogP contribution in [0.1, 0.15) is 22.4 Å². The number of carbonyl (C=O) groups is 1. The number of amides is 1. The van der Waals surface area contributed by atoms with E-state index in [0.717, 1.165) is 18.5 Å². The largest absolute Gasteiger partial charge is 0.493 e. The highest BCUT2D eigenvalue weighted by molar-refractivity contribution is 5.76. The van der Waals surface area contributed by atoms with Crippen molar-refractivity contribution >= 4 is 11.9 Å². The van der Waals surface area contributed by atoms with Gasteiger partial charge in [-0.2, -0.15) is 0 Å². The van der Waals surface area contributed by atoms with E-state index in [4.69, 9.17) is 9.47 Å². The Morgan fingerprint density at radius 3 is 2.59 bits per heavy atom. The third-order valence-corrected chi connectivity index (χ3v) is 6.02. The van der Waals surface area contributed by atoms with Crippen LogP contribution in [0.25, 0.3) is 0 Å². The number of methoxy groups -OCH3 is 2. The zero-order valence-electron chi connectivity index (χ0n) is 19.8. The van der Waals surface area contributed by atoms with Crippen molar-refractivity contribution in [3.8, 4) is 11.5 Å².